The molecule has 1 saturated carbocycles. The fraction of sp³-hybridized carbons (Fsp3) is 0.533. The molecule has 7 heteroatoms. The van der Waals surface area contributed by atoms with Crippen LogP contribution in [0.25, 0.3) is 0 Å². The topological polar surface area (TPSA) is 84.5 Å². The Morgan fingerprint density at radius 1 is 1.36 bits per heavy atom. The first kappa shape index (κ1) is 15.3. The van der Waals surface area contributed by atoms with Gasteiger partial charge in [-0.15, -0.1) is 0 Å². The number of carbonyl (C=O) groups excluding carboxylic acids is 1. The van der Waals surface area contributed by atoms with Gasteiger partial charge in [0, 0.05) is 6.04 Å². The summed E-state index contributed by atoms with van der Waals surface area (Å²) in [6.07, 6.45) is 3.81. The van der Waals surface area contributed by atoms with Gasteiger partial charge in [-0.1, -0.05) is 13.3 Å². The zero-order valence-corrected chi connectivity index (χ0v) is 13.3. The molecule has 1 aliphatic heterocycles. The first-order valence-corrected chi connectivity index (χ1v) is 9.12. The predicted molar refractivity (Wildman–Crippen MR) is 82.4 cm³/mol. The van der Waals surface area contributed by atoms with Gasteiger partial charge in [-0.25, -0.2) is 13.1 Å². The van der Waals surface area contributed by atoms with Crippen LogP contribution in [0.3, 0.4) is 0 Å². The maximum absolute atomic E-state index is 12.2. The largest absolute Gasteiger partial charge is 0.478 e. The number of unbranched alkanes of at least 4 members (excludes halogenated alkanes) is 1. The summed E-state index contributed by atoms with van der Waals surface area (Å²) in [4.78, 5) is 12.2. The number of hydrogen-bond acceptors (Lipinski definition) is 4. The molecular formula is C15H20N2O4S. The molecular weight excluding hydrogens is 304 g/mol. The highest BCUT2D eigenvalue weighted by Crippen LogP contribution is 2.33. The van der Waals surface area contributed by atoms with Crippen LogP contribution in [0, 0.1) is 0 Å². The van der Waals surface area contributed by atoms with Gasteiger partial charge in [0.2, 0.25) is 10.0 Å². The number of benzene rings is 1. The summed E-state index contributed by atoms with van der Waals surface area (Å²) < 4.78 is 32.7. The lowest BCUT2D eigenvalue weighted by Crippen LogP contribution is -2.37. The third kappa shape index (κ3) is 3.25. The van der Waals surface area contributed by atoms with Crippen molar-refractivity contribution in [2.45, 2.75) is 56.1 Å². The SMILES string of the molecule is CCCCC1Oc2ccc(S(=O)(=O)NC3CC3)cc2NC1=O. The second-order valence-corrected chi connectivity index (χ2v) is 7.51. The van der Waals surface area contributed by atoms with Gasteiger partial charge in [0.05, 0.1) is 10.6 Å². The highest BCUT2D eigenvalue weighted by atomic mass is 32.2. The van der Waals surface area contributed by atoms with Gasteiger partial charge in [-0.05, 0) is 43.9 Å². The summed E-state index contributed by atoms with van der Waals surface area (Å²) in [6, 6.07) is 4.62. The minimum absolute atomic E-state index is 0.0466. The van der Waals surface area contributed by atoms with Crippen molar-refractivity contribution < 1.29 is 17.9 Å². The molecule has 22 heavy (non-hydrogen) atoms. The molecule has 120 valence electrons. The zero-order valence-electron chi connectivity index (χ0n) is 12.5. The molecule has 1 amide bonds. The molecule has 0 bridgehead atoms. The van der Waals surface area contributed by atoms with Crippen molar-refractivity contribution in [1.82, 2.24) is 4.72 Å². The third-order valence-electron chi connectivity index (χ3n) is 3.80. The summed E-state index contributed by atoms with van der Waals surface area (Å²) >= 11 is 0. The molecule has 1 aromatic rings. The normalized spacial score (nSPS) is 21.0. The van der Waals surface area contributed by atoms with Gasteiger partial charge in [-0.2, -0.15) is 0 Å². The van der Waals surface area contributed by atoms with E-state index in [2.05, 4.69) is 17.0 Å². The molecule has 1 aliphatic carbocycles. The van der Waals surface area contributed by atoms with Crippen LogP contribution in [0.2, 0.25) is 0 Å². The molecule has 1 heterocycles. The second kappa shape index (κ2) is 5.89. The van der Waals surface area contributed by atoms with Crippen molar-refractivity contribution in [3.63, 3.8) is 0 Å². The van der Waals surface area contributed by atoms with Crippen molar-refractivity contribution >= 4 is 21.6 Å². The van der Waals surface area contributed by atoms with Crippen LogP contribution in [0.15, 0.2) is 23.1 Å². The van der Waals surface area contributed by atoms with Gasteiger partial charge in [0.1, 0.15) is 5.75 Å². The molecule has 0 radical (unpaired) electrons. The van der Waals surface area contributed by atoms with Crippen LogP contribution in [0.4, 0.5) is 5.69 Å². The highest BCUT2D eigenvalue weighted by Gasteiger charge is 2.31. The lowest BCUT2D eigenvalue weighted by Gasteiger charge is -2.26. The number of hydrogen-bond donors (Lipinski definition) is 2. The molecule has 0 spiro atoms. The van der Waals surface area contributed by atoms with Crippen LogP contribution in [-0.2, 0) is 14.8 Å². The van der Waals surface area contributed by atoms with E-state index in [9.17, 15) is 13.2 Å². The van der Waals surface area contributed by atoms with Crippen molar-refractivity contribution in [1.29, 1.82) is 0 Å². The van der Waals surface area contributed by atoms with Gasteiger partial charge in [-0.3, -0.25) is 4.79 Å². The average Bonchev–Trinajstić information content (AvgIpc) is 3.27. The minimum atomic E-state index is -3.53. The minimum Gasteiger partial charge on any atom is -0.478 e. The molecule has 1 aromatic carbocycles. The van der Waals surface area contributed by atoms with Crippen molar-refractivity contribution in [2.75, 3.05) is 5.32 Å². The monoisotopic (exact) mass is 324 g/mol. The molecule has 1 atom stereocenters. The van der Waals surface area contributed by atoms with E-state index in [0.717, 1.165) is 25.7 Å². The van der Waals surface area contributed by atoms with Gasteiger partial charge >= 0.3 is 0 Å². The Balaban J connectivity index is 1.80. The van der Waals surface area contributed by atoms with Gasteiger partial charge in [0.25, 0.3) is 5.91 Å². The predicted octanol–water partition coefficient (Wildman–Crippen LogP) is 2.02. The molecule has 0 saturated heterocycles. The number of ether oxygens (including phenoxy) is 1. The first-order chi connectivity index (χ1) is 10.5. The van der Waals surface area contributed by atoms with Crippen molar-refractivity contribution in [3.05, 3.63) is 18.2 Å². The van der Waals surface area contributed by atoms with E-state index in [0.29, 0.717) is 17.9 Å². The number of amides is 1. The van der Waals surface area contributed by atoms with Crippen LogP contribution in [-0.4, -0.2) is 26.5 Å². The lowest BCUT2D eigenvalue weighted by molar-refractivity contribution is -0.123. The van der Waals surface area contributed by atoms with Crippen molar-refractivity contribution in [2.24, 2.45) is 0 Å². The molecule has 3 rings (SSSR count). The van der Waals surface area contributed by atoms with E-state index in [4.69, 9.17) is 4.74 Å². The summed E-state index contributed by atoms with van der Waals surface area (Å²) in [5, 5.41) is 2.74. The number of sulfonamides is 1. The van der Waals surface area contributed by atoms with Crippen LogP contribution < -0.4 is 14.8 Å². The number of nitrogens with one attached hydrogen (secondary N) is 2. The maximum atomic E-state index is 12.2. The average molecular weight is 324 g/mol. The smallest absolute Gasteiger partial charge is 0.265 e. The highest BCUT2D eigenvalue weighted by molar-refractivity contribution is 7.89. The van der Waals surface area contributed by atoms with E-state index < -0.39 is 16.1 Å². The van der Waals surface area contributed by atoms with E-state index in [1.807, 2.05) is 0 Å². The van der Waals surface area contributed by atoms with Crippen LogP contribution >= 0.6 is 0 Å². The Morgan fingerprint density at radius 2 is 2.14 bits per heavy atom. The fourth-order valence-corrected chi connectivity index (χ4v) is 3.70. The fourth-order valence-electron chi connectivity index (χ4n) is 2.36. The standard InChI is InChI=1S/C15H20N2O4S/c1-2-3-4-14-15(18)16-12-9-11(7-8-13(12)21-14)22(19,20)17-10-5-6-10/h7-10,14,17H,2-6H2,1H3,(H,16,18). The summed E-state index contributed by atoms with van der Waals surface area (Å²) in [7, 11) is -3.53. The second-order valence-electron chi connectivity index (χ2n) is 5.79. The van der Waals surface area contributed by atoms with E-state index in [1.54, 1.807) is 6.07 Å². The summed E-state index contributed by atoms with van der Waals surface area (Å²) in [6.45, 7) is 2.05. The Kier molecular flexibility index (Phi) is 4.10. The Bertz CT molecular complexity index is 683. The Hall–Kier alpha value is -1.60. The zero-order chi connectivity index (χ0) is 15.7. The van der Waals surface area contributed by atoms with Gasteiger partial charge in [0.15, 0.2) is 6.10 Å². The number of rotatable bonds is 6. The summed E-state index contributed by atoms with van der Waals surface area (Å²) in [5.74, 6) is 0.303. The van der Waals surface area contributed by atoms with Crippen molar-refractivity contribution in [3.8, 4) is 5.75 Å². The Morgan fingerprint density at radius 3 is 2.82 bits per heavy atom. The number of carbonyl (C=O) groups is 1. The first-order valence-electron chi connectivity index (χ1n) is 7.63. The van der Waals surface area contributed by atoms with E-state index >= 15 is 0 Å². The van der Waals surface area contributed by atoms with Crippen LogP contribution in [0.1, 0.15) is 39.0 Å². The molecule has 2 aliphatic rings. The van der Waals surface area contributed by atoms with Gasteiger partial charge < -0.3 is 10.1 Å². The van der Waals surface area contributed by atoms with E-state index in [-0.39, 0.29) is 16.8 Å². The number of anilines is 1. The third-order valence-corrected chi connectivity index (χ3v) is 5.32. The quantitative estimate of drug-likeness (QED) is 0.838. The number of fused-ring (bicyclic) bond motifs is 1. The molecule has 6 nitrogen and oxygen atoms in total. The molecule has 0 aromatic heterocycles. The van der Waals surface area contributed by atoms with E-state index in [1.165, 1.54) is 12.1 Å². The molecule has 1 unspecified atom stereocenters. The molecule has 2 N–H and O–H groups in total. The van der Waals surface area contributed by atoms with Crippen LogP contribution in [0.5, 0.6) is 5.75 Å². The summed E-state index contributed by atoms with van der Waals surface area (Å²) in [5.41, 5.74) is 0.413. The Labute approximate surface area is 130 Å². The lowest BCUT2D eigenvalue weighted by atomic mass is 10.1. The maximum Gasteiger partial charge on any atom is 0.265 e. The molecule has 1 fully saturated rings.